The Morgan fingerprint density at radius 2 is 1.67 bits per heavy atom. The molecule has 0 aliphatic rings. The van der Waals surface area contributed by atoms with E-state index in [9.17, 15) is 5.11 Å². The summed E-state index contributed by atoms with van der Waals surface area (Å²) >= 11 is 0. The topological polar surface area (TPSA) is 35.5 Å². The molecule has 0 bridgehead atoms. The van der Waals surface area contributed by atoms with Crippen LogP contribution in [0.2, 0.25) is 0 Å². The Bertz CT molecular complexity index is 63.0. The summed E-state index contributed by atoms with van der Waals surface area (Å²) in [6.45, 7) is 5.76. The van der Waals surface area contributed by atoms with Gasteiger partial charge in [-0.25, -0.2) is 0 Å². The number of rotatable bonds is 5. The van der Waals surface area contributed by atoms with Crippen LogP contribution in [-0.4, -0.2) is 45.4 Å². The van der Waals surface area contributed by atoms with Crippen molar-refractivity contribution in [3.8, 4) is 0 Å². The maximum atomic E-state index is 9.84. The third-order valence-corrected chi connectivity index (χ3v) is 0.911. The molecule has 0 saturated heterocycles. The summed E-state index contributed by atoms with van der Waals surface area (Å²) in [5.74, 6) is 0. The van der Waals surface area contributed by atoms with Crippen LogP contribution >= 0.6 is 0 Å². The van der Waals surface area contributed by atoms with Crippen molar-refractivity contribution in [1.29, 1.82) is 0 Å². The van der Waals surface area contributed by atoms with Crippen LogP contribution < -0.4 is 56.5 Å². The van der Waals surface area contributed by atoms with Crippen LogP contribution in [0.4, 0.5) is 0 Å². The van der Waals surface area contributed by atoms with E-state index < -0.39 is 0 Å². The number of hydrogen-bond donors (Lipinski definition) is 0. The molecule has 0 rings (SSSR count). The summed E-state index contributed by atoms with van der Waals surface area (Å²) in [6, 6.07) is 0. The van der Waals surface area contributed by atoms with Gasteiger partial charge in [0.25, 0.3) is 0 Å². The minimum Gasteiger partial charge on any atom is -0.853 e. The van der Waals surface area contributed by atoms with Crippen LogP contribution in [0.15, 0.2) is 0 Å². The molecule has 0 N–H and O–H groups in total. The molecule has 0 saturated carbocycles. The zero-order valence-corrected chi connectivity index (χ0v) is 12.2. The largest absolute Gasteiger partial charge is 1.00 e. The van der Waals surface area contributed by atoms with Crippen molar-refractivity contribution in [3.05, 3.63) is 0 Å². The van der Waals surface area contributed by atoms with Crippen LogP contribution in [0.25, 0.3) is 0 Å². The van der Waals surface area contributed by atoms with E-state index in [1.165, 1.54) is 0 Å². The molecule has 0 unspecified atom stereocenters. The fraction of sp³-hybridized carbons (Fsp3) is 1.00. The van der Waals surface area contributed by atoms with E-state index >= 15 is 0 Å². The molecule has 0 atom stereocenters. The minimum absolute atomic E-state index is 0. The van der Waals surface area contributed by atoms with E-state index in [0.717, 1.165) is 6.54 Å². The summed E-state index contributed by atoms with van der Waals surface area (Å²) in [7, 11) is 3.95. The van der Waals surface area contributed by atoms with E-state index in [1.54, 1.807) is 0 Å². The second kappa shape index (κ2) is 18.3. The third-order valence-electron chi connectivity index (χ3n) is 0.911. The van der Waals surface area contributed by atoms with Crippen LogP contribution in [-0.2, 0) is 4.74 Å². The molecule has 12 heavy (non-hydrogen) atoms. The molecule has 0 amide bonds. The first-order valence-electron chi connectivity index (χ1n) is 4.08. The molecule has 0 aromatic heterocycles. The van der Waals surface area contributed by atoms with Gasteiger partial charge >= 0.3 is 51.4 Å². The third kappa shape index (κ3) is 22.5. The molecule has 3 nitrogen and oxygen atoms in total. The molecule has 0 aliphatic heterocycles. The minimum atomic E-state index is -0.132. The molecule has 0 fully saturated rings. The van der Waals surface area contributed by atoms with Crippen molar-refractivity contribution in [2.75, 3.05) is 40.5 Å². The average Bonchev–Trinajstić information content (AvgIpc) is 2.02. The Hall–Kier alpha value is 1.52. The van der Waals surface area contributed by atoms with E-state index in [1.807, 2.05) is 32.8 Å². The molecule has 4 heteroatoms. The molecule has 0 aliphatic carbocycles. The Labute approximate surface area is 119 Å². The fourth-order valence-corrected chi connectivity index (χ4v) is 0.408. The summed E-state index contributed by atoms with van der Waals surface area (Å²) in [5.41, 5.74) is 0. The van der Waals surface area contributed by atoms with E-state index in [-0.39, 0.29) is 58.0 Å². The van der Waals surface area contributed by atoms with Gasteiger partial charge in [-0.05, 0) is 14.1 Å². The number of hydrogen-bond acceptors (Lipinski definition) is 3. The van der Waals surface area contributed by atoms with Gasteiger partial charge in [-0.1, -0.05) is 13.8 Å². The van der Waals surface area contributed by atoms with Gasteiger partial charge in [-0.3, -0.25) is 0 Å². The standard InChI is InChI=1S/C6H14NO2.C2H6.K/c1-7(2)3-5-9-6-4-8;1-2;/h3-6H2,1-2H3;1-2H3;/q-1;;+1. The fourth-order valence-electron chi connectivity index (χ4n) is 0.408. The maximum absolute atomic E-state index is 9.84. The van der Waals surface area contributed by atoms with Crippen molar-refractivity contribution < 1.29 is 61.2 Å². The predicted molar refractivity (Wildman–Crippen MR) is 45.6 cm³/mol. The monoisotopic (exact) mass is 201 g/mol. The van der Waals surface area contributed by atoms with E-state index in [0.29, 0.717) is 13.2 Å². The molecule has 0 spiro atoms. The van der Waals surface area contributed by atoms with Gasteiger partial charge in [0.05, 0.1) is 6.61 Å². The second-order valence-electron chi connectivity index (χ2n) is 2.12. The van der Waals surface area contributed by atoms with Gasteiger partial charge in [0.1, 0.15) is 0 Å². The SMILES string of the molecule is CC.CN(C)CCOCC[O-].[K+]. The normalized spacial score (nSPS) is 8.50. The molecular weight excluding hydrogens is 181 g/mol. The van der Waals surface area contributed by atoms with Crippen molar-refractivity contribution in [2.24, 2.45) is 0 Å². The molecule has 0 aromatic carbocycles. The molecule has 0 heterocycles. The first-order chi connectivity index (χ1) is 5.27. The van der Waals surface area contributed by atoms with Crippen molar-refractivity contribution in [3.63, 3.8) is 0 Å². The first kappa shape index (κ1) is 19.1. The average molecular weight is 201 g/mol. The number of ether oxygens (including phenoxy) is 1. The van der Waals surface area contributed by atoms with Gasteiger partial charge in [0, 0.05) is 13.2 Å². The Balaban J connectivity index is -0.000000249. The number of nitrogens with zero attached hydrogens (tertiary/aromatic N) is 1. The summed E-state index contributed by atoms with van der Waals surface area (Å²) in [6.07, 6.45) is 0. The van der Waals surface area contributed by atoms with Crippen LogP contribution in [0.3, 0.4) is 0 Å². The molecule has 70 valence electrons. The molecule has 0 aromatic rings. The molecule has 0 radical (unpaired) electrons. The summed E-state index contributed by atoms with van der Waals surface area (Å²) in [4.78, 5) is 2.02. The van der Waals surface area contributed by atoms with Crippen LogP contribution in [0, 0.1) is 0 Å². The summed E-state index contributed by atoms with van der Waals surface area (Å²) in [5, 5.41) is 9.84. The van der Waals surface area contributed by atoms with Crippen molar-refractivity contribution in [1.82, 2.24) is 4.90 Å². The zero-order valence-electron chi connectivity index (χ0n) is 9.09. The van der Waals surface area contributed by atoms with Gasteiger partial charge in [0.2, 0.25) is 0 Å². The maximum Gasteiger partial charge on any atom is 1.00 e. The predicted octanol–water partition coefficient (Wildman–Crippen LogP) is -3.04. The van der Waals surface area contributed by atoms with E-state index in [2.05, 4.69) is 0 Å². The van der Waals surface area contributed by atoms with Crippen LogP contribution in [0.5, 0.6) is 0 Å². The van der Waals surface area contributed by atoms with Crippen LogP contribution in [0.1, 0.15) is 13.8 Å². The first-order valence-corrected chi connectivity index (χ1v) is 4.08. The zero-order chi connectivity index (χ0) is 9.11. The quantitative estimate of drug-likeness (QED) is 0.350. The Kier molecular flexibility index (Phi) is 29.2. The van der Waals surface area contributed by atoms with Crippen molar-refractivity contribution >= 4 is 0 Å². The van der Waals surface area contributed by atoms with Crippen molar-refractivity contribution in [2.45, 2.75) is 13.8 Å². The molecular formula is C8H20KNO2. The van der Waals surface area contributed by atoms with E-state index in [4.69, 9.17) is 4.74 Å². The second-order valence-corrected chi connectivity index (χ2v) is 2.12. The Morgan fingerprint density at radius 3 is 2.00 bits per heavy atom. The Morgan fingerprint density at radius 1 is 1.17 bits per heavy atom. The smallest absolute Gasteiger partial charge is 0.853 e. The summed E-state index contributed by atoms with van der Waals surface area (Å²) < 4.78 is 4.94. The van der Waals surface area contributed by atoms with Gasteiger partial charge in [-0.15, -0.1) is 6.61 Å². The number of likely N-dealkylation sites (N-methyl/N-ethyl adjacent to an activating group) is 1. The van der Waals surface area contributed by atoms with Gasteiger partial charge in [-0.2, -0.15) is 0 Å². The van der Waals surface area contributed by atoms with Gasteiger partial charge < -0.3 is 14.7 Å². The van der Waals surface area contributed by atoms with Gasteiger partial charge in [0.15, 0.2) is 0 Å².